The number of aliphatic hydroxyl groups excluding tert-OH is 1. The number of benzene rings is 1. The van der Waals surface area contributed by atoms with Crippen molar-refractivity contribution in [3.05, 3.63) is 29.3 Å². The van der Waals surface area contributed by atoms with Crippen LogP contribution in [0.15, 0.2) is 18.2 Å². The maximum atomic E-state index is 11.7. The lowest BCUT2D eigenvalue weighted by atomic mass is 10.1. The zero-order chi connectivity index (χ0) is 14.4. The number of aryl methyl sites for hydroxylation is 2. The summed E-state index contributed by atoms with van der Waals surface area (Å²) >= 11 is 0. The second-order valence-corrected chi connectivity index (χ2v) is 4.59. The monoisotopic (exact) mass is 264 g/mol. The van der Waals surface area contributed by atoms with Crippen LogP contribution >= 0.6 is 0 Å². The molecule has 0 aromatic heterocycles. The molecule has 0 heterocycles. The van der Waals surface area contributed by atoms with Crippen molar-refractivity contribution in [3.63, 3.8) is 0 Å². The number of carbonyl (C=O) groups excluding carboxylic acids is 2. The Hall–Kier alpha value is -1.88. The molecule has 1 aromatic carbocycles. The van der Waals surface area contributed by atoms with Gasteiger partial charge in [0, 0.05) is 5.69 Å². The highest BCUT2D eigenvalue weighted by molar-refractivity contribution is 6.39. The Labute approximate surface area is 113 Å². The van der Waals surface area contributed by atoms with Crippen LogP contribution in [0.4, 0.5) is 5.69 Å². The summed E-state index contributed by atoms with van der Waals surface area (Å²) in [5.74, 6) is -1.46. The summed E-state index contributed by atoms with van der Waals surface area (Å²) in [5.41, 5.74) is 2.62. The molecule has 104 valence electrons. The molecular weight excluding hydrogens is 244 g/mol. The Balaban J connectivity index is 2.66. The van der Waals surface area contributed by atoms with Gasteiger partial charge >= 0.3 is 11.8 Å². The summed E-state index contributed by atoms with van der Waals surface area (Å²) in [5, 5.41) is 14.0. The van der Waals surface area contributed by atoms with E-state index in [0.29, 0.717) is 12.1 Å². The topological polar surface area (TPSA) is 78.4 Å². The molecule has 0 aliphatic heterocycles. The van der Waals surface area contributed by atoms with Gasteiger partial charge in [0.2, 0.25) is 0 Å². The van der Waals surface area contributed by atoms with Gasteiger partial charge in [-0.25, -0.2) is 0 Å². The number of carbonyl (C=O) groups is 2. The highest BCUT2D eigenvalue weighted by atomic mass is 16.3. The van der Waals surface area contributed by atoms with Crippen LogP contribution < -0.4 is 10.6 Å². The number of nitrogens with one attached hydrogen (secondary N) is 2. The predicted molar refractivity (Wildman–Crippen MR) is 73.9 cm³/mol. The van der Waals surface area contributed by atoms with E-state index in [0.717, 1.165) is 11.1 Å². The maximum absolute atomic E-state index is 11.7. The van der Waals surface area contributed by atoms with Crippen molar-refractivity contribution in [1.82, 2.24) is 5.32 Å². The average molecular weight is 264 g/mol. The van der Waals surface area contributed by atoms with E-state index >= 15 is 0 Å². The molecule has 3 N–H and O–H groups in total. The number of aliphatic hydroxyl groups is 1. The number of anilines is 1. The van der Waals surface area contributed by atoms with Crippen LogP contribution in [0, 0.1) is 13.8 Å². The molecule has 0 radical (unpaired) electrons. The molecule has 1 atom stereocenters. The van der Waals surface area contributed by atoms with Crippen molar-refractivity contribution in [2.24, 2.45) is 0 Å². The van der Waals surface area contributed by atoms with Crippen LogP contribution in [0.5, 0.6) is 0 Å². The summed E-state index contributed by atoms with van der Waals surface area (Å²) in [7, 11) is 0. The molecule has 5 nitrogen and oxygen atoms in total. The van der Waals surface area contributed by atoms with Crippen LogP contribution in [-0.4, -0.2) is 29.6 Å². The molecule has 0 aliphatic carbocycles. The molecule has 0 saturated heterocycles. The van der Waals surface area contributed by atoms with Gasteiger partial charge in [0.25, 0.3) is 0 Å². The first-order valence-electron chi connectivity index (χ1n) is 6.27. The smallest absolute Gasteiger partial charge is 0.313 e. The average Bonchev–Trinajstić information content (AvgIpc) is 2.34. The van der Waals surface area contributed by atoms with Crippen molar-refractivity contribution in [3.8, 4) is 0 Å². The van der Waals surface area contributed by atoms with E-state index in [1.165, 1.54) is 0 Å². The zero-order valence-electron chi connectivity index (χ0n) is 11.5. The van der Waals surface area contributed by atoms with Gasteiger partial charge in [0.15, 0.2) is 0 Å². The van der Waals surface area contributed by atoms with Gasteiger partial charge in [-0.3, -0.25) is 9.59 Å². The molecule has 0 unspecified atom stereocenters. The summed E-state index contributed by atoms with van der Waals surface area (Å²) in [6, 6.07) is 5.18. The number of hydrogen-bond donors (Lipinski definition) is 3. The van der Waals surface area contributed by atoms with Gasteiger partial charge in [-0.15, -0.1) is 0 Å². The van der Waals surface area contributed by atoms with Gasteiger partial charge in [-0.2, -0.15) is 0 Å². The van der Waals surface area contributed by atoms with E-state index in [1.807, 2.05) is 26.8 Å². The molecule has 0 aliphatic rings. The van der Waals surface area contributed by atoms with Crippen LogP contribution in [0.3, 0.4) is 0 Å². The summed E-state index contributed by atoms with van der Waals surface area (Å²) in [4.78, 5) is 23.3. The Kier molecular flexibility index (Phi) is 5.51. The third-order valence-electron chi connectivity index (χ3n) is 2.73. The van der Waals surface area contributed by atoms with Gasteiger partial charge < -0.3 is 15.7 Å². The molecule has 0 saturated carbocycles. The molecule has 1 rings (SSSR count). The standard InChI is InChI=1S/C14H20N2O3/c1-4-11(8-17)15-13(18)14(19)16-12-6-9(2)5-10(3)7-12/h5-7,11,17H,4,8H2,1-3H3,(H,15,18)(H,16,19)/t11-/m1/s1. The van der Waals surface area contributed by atoms with Gasteiger partial charge in [0.05, 0.1) is 12.6 Å². The highest BCUT2D eigenvalue weighted by Crippen LogP contribution is 2.13. The second kappa shape index (κ2) is 6.89. The normalized spacial score (nSPS) is 11.8. The van der Waals surface area contributed by atoms with E-state index in [4.69, 9.17) is 5.11 Å². The molecule has 0 bridgehead atoms. The van der Waals surface area contributed by atoms with Crippen LogP contribution in [0.2, 0.25) is 0 Å². The minimum Gasteiger partial charge on any atom is -0.394 e. The fourth-order valence-electron chi connectivity index (χ4n) is 1.76. The lowest BCUT2D eigenvalue weighted by Gasteiger charge is -2.13. The van der Waals surface area contributed by atoms with Crippen molar-refractivity contribution in [2.45, 2.75) is 33.2 Å². The minimum atomic E-state index is -0.736. The summed E-state index contributed by atoms with van der Waals surface area (Å²) in [6.07, 6.45) is 0.569. The quantitative estimate of drug-likeness (QED) is 0.713. The van der Waals surface area contributed by atoms with Crippen LogP contribution in [0.25, 0.3) is 0 Å². The first-order valence-corrected chi connectivity index (χ1v) is 6.27. The van der Waals surface area contributed by atoms with E-state index < -0.39 is 17.9 Å². The first kappa shape index (κ1) is 15.2. The molecule has 5 heteroatoms. The van der Waals surface area contributed by atoms with E-state index in [9.17, 15) is 9.59 Å². The fraction of sp³-hybridized carbons (Fsp3) is 0.429. The first-order chi connectivity index (χ1) is 8.96. The van der Waals surface area contributed by atoms with Crippen molar-refractivity contribution >= 4 is 17.5 Å². The maximum Gasteiger partial charge on any atom is 0.313 e. The van der Waals surface area contributed by atoms with Crippen molar-refractivity contribution in [1.29, 1.82) is 0 Å². The Morgan fingerprint density at radius 3 is 2.21 bits per heavy atom. The number of rotatable bonds is 4. The molecule has 0 fully saturated rings. The summed E-state index contributed by atoms with van der Waals surface area (Å²) in [6.45, 7) is 5.48. The molecular formula is C14H20N2O3. The highest BCUT2D eigenvalue weighted by Gasteiger charge is 2.17. The minimum absolute atomic E-state index is 0.181. The Morgan fingerprint density at radius 2 is 1.74 bits per heavy atom. The van der Waals surface area contributed by atoms with E-state index in [1.54, 1.807) is 12.1 Å². The van der Waals surface area contributed by atoms with Crippen LogP contribution in [-0.2, 0) is 9.59 Å². The molecule has 0 spiro atoms. The second-order valence-electron chi connectivity index (χ2n) is 4.59. The Morgan fingerprint density at radius 1 is 1.16 bits per heavy atom. The van der Waals surface area contributed by atoms with Gasteiger partial charge in [-0.1, -0.05) is 13.0 Å². The van der Waals surface area contributed by atoms with E-state index in [2.05, 4.69) is 10.6 Å². The number of hydrogen-bond acceptors (Lipinski definition) is 3. The largest absolute Gasteiger partial charge is 0.394 e. The Bertz CT molecular complexity index is 448. The third kappa shape index (κ3) is 4.71. The lowest BCUT2D eigenvalue weighted by molar-refractivity contribution is -0.136. The predicted octanol–water partition coefficient (Wildman–Crippen LogP) is 1.13. The van der Waals surface area contributed by atoms with Gasteiger partial charge in [0.1, 0.15) is 0 Å². The molecule has 19 heavy (non-hydrogen) atoms. The van der Waals surface area contributed by atoms with Crippen molar-refractivity contribution in [2.75, 3.05) is 11.9 Å². The third-order valence-corrected chi connectivity index (χ3v) is 2.73. The number of amides is 2. The SMILES string of the molecule is CC[C@H](CO)NC(=O)C(=O)Nc1cc(C)cc(C)c1. The summed E-state index contributed by atoms with van der Waals surface area (Å²) < 4.78 is 0. The lowest BCUT2D eigenvalue weighted by Crippen LogP contribution is -2.43. The zero-order valence-corrected chi connectivity index (χ0v) is 11.5. The molecule has 1 aromatic rings. The molecule has 2 amide bonds. The van der Waals surface area contributed by atoms with Gasteiger partial charge in [-0.05, 0) is 43.5 Å². The van der Waals surface area contributed by atoms with E-state index in [-0.39, 0.29) is 6.61 Å². The van der Waals surface area contributed by atoms with Crippen LogP contribution in [0.1, 0.15) is 24.5 Å². The fourth-order valence-corrected chi connectivity index (χ4v) is 1.76. The van der Waals surface area contributed by atoms with Crippen molar-refractivity contribution < 1.29 is 14.7 Å².